The first-order valence-corrected chi connectivity index (χ1v) is 8.67. The van der Waals surface area contributed by atoms with Gasteiger partial charge >= 0.3 is 0 Å². The van der Waals surface area contributed by atoms with Gasteiger partial charge in [0.15, 0.2) is 0 Å². The number of nitrogens with zero attached hydrogens (tertiary/aromatic N) is 2. The van der Waals surface area contributed by atoms with E-state index in [1.54, 1.807) is 0 Å². The Labute approximate surface area is 167 Å². The molecular formula is C17H36I2N2. The molecule has 2 unspecified atom stereocenters. The summed E-state index contributed by atoms with van der Waals surface area (Å²) in [6.07, 6.45) is 7.46. The molecule has 1 aliphatic heterocycles. The van der Waals surface area contributed by atoms with Gasteiger partial charge in [0.1, 0.15) is 0 Å². The molecule has 0 radical (unpaired) electrons. The molecule has 2 atom stereocenters. The van der Waals surface area contributed by atoms with E-state index in [0.717, 1.165) is 11.8 Å². The smallest absolute Gasteiger partial charge is 0.0839 e. The normalized spacial score (nSPS) is 32.0. The standard InChI is InChI=1S/C17H36N2.2HI/c1-5-18(3,6-2)12-9-13-19(4)14-16-10-7-8-11-17(16)15-19;;/h16-17H,5-15H2,1-4H3;2*1H/q+2;;/p-2. The second-order valence-electron chi connectivity index (χ2n) is 7.84. The predicted octanol–water partition coefficient (Wildman–Crippen LogP) is -2.86. The number of quaternary nitrogens is 2. The zero-order valence-corrected chi connectivity index (χ0v) is 18.9. The third kappa shape index (κ3) is 6.07. The molecule has 0 aromatic rings. The molecule has 2 rings (SSSR count). The van der Waals surface area contributed by atoms with E-state index in [-0.39, 0.29) is 48.0 Å². The number of rotatable bonds is 6. The van der Waals surface area contributed by atoms with Crippen LogP contribution in [0.15, 0.2) is 0 Å². The van der Waals surface area contributed by atoms with Gasteiger partial charge in [-0.2, -0.15) is 0 Å². The van der Waals surface area contributed by atoms with Crippen LogP contribution in [0.4, 0.5) is 0 Å². The first-order chi connectivity index (χ1) is 9.00. The minimum atomic E-state index is 0. The van der Waals surface area contributed by atoms with Crippen LogP contribution in [0.3, 0.4) is 0 Å². The van der Waals surface area contributed by atoms with E-state index in [9.17, 15) is 0 Å². The summed E-state index contributed by atoms with van der Waals surface area (Å²) in [5.41, 5.74) is 0. The molecule has 0 aromatic heterocycles. The van der Waals surface area contributed by atoms with Gasteiger partial charge in [-0.1, -0.05) is 12.8 Å². The Morgan fingerprint density at radius 1 is 0.952 bits per heavy atom. The van der Waals surface area contributed by atoms with Gasteiger partial charge in [0.2, 0.25) is 0 Å². The van der Waals surface area contributed by atoms with Gasteiger partial charge in [0.25, 0.3) is 0 Å². The van der Waals surface area contributed by atoms with Crippen LogP contribution in [0, 0.1) is 11.8 Å². The van der Waals surface area contributed by atoms with Crippen LogP contribution >= 0.6 is 0 Å². The number of halogens is 2. The molecule has 0 bridgehead atoms. The summed E-state index contributed by atoms with van der Waals surface area (Å²) < 4.78 is 2.63. The van der Waals surface area contributed by atoms with Crippen LogP contribution in [0.2, 0.25) is 0 Å². The van der Waals surface area contributed by atoms with E-state index in [0.29, 0.717) is 0 Å². The number of hydrogen-bond acceptors (Lipinski definition) is 0. The van der Waals surface area contributed by atoms with Crippen LogP contribution in [-0.4, -0.2) is 62.3 Å². The summed E-state index contributed by atoms with van der Waals surface area (Å²) >= 11 is 0. The maximum absolute atomic E-state index is 2.53. The fraction of sp³-hybridized carbons (Fsp3) is 1.00. The number of likely N-dealkylation sites (tertiary alicyclic amines) is 1. The second kappa shape index (κ2) is 9.62. The molecule has 2 fully saturated rings. The molecule has 1 heterocycles. The Morgan fingerprint density at radius 2 is 1.43 bits per heavy atom. The second-order valence-corrected chi connectivity index (χ2v) is 7.84. The summed E-state index contributed by atoms with van der Waals surface area (Å²) in [6.45, 7) is 13.0. The van der Waals surface area contributed by atoms with Gasteiger partial charge < -0.3 is 56.9 Å². The van der Waals surface area contributed by atoms with Crippen molar-refractivity contribution in [2.75, 3.05) is 53.4 Å². The molecule has 2 nitrogen and oxygen atoms in total. The lowest BCUT2D eigenvalue weighted by Crippen LogP contribution is -3.00. The molecule has 1 saturated carbocycles. The van der Waals surface area contributed by atoms with E-state index >= 15 is 0 Å². The monoisotopic (exact) mass is 522 g/mol. The minimum absolute atomic E-state index is 0. The van der Waals surface area contributed by atoms with Crippen LogP contribution in [0.5, 0.6) is 0 Å². The Kier molecular flexibility index (Phi) is 10.3. The topological polar surface area (TPSA) is 0 Å². The lowest BCUT2D eigenvalue weighted by atomic mass is 9.82. The molecule has 2 aliphatic rings. The zero-order valence-electron chi connectivity index (χ0n) is 14.6. The van der Waals surface area contributed by atoms with Crippen molar-refractivity contribution in [3.63, 3.8) is 0 Å². The van der Waals surface area contributed by atoms with Crippen molar-refractivity contribution in [1.29, 1.82) is 0 Å². The Hall–Kier alpha value is 1.38. The molecule has 4 heteroatoms. The lowest BCUT2D eigenvalue weighted by Gasteiger charge is -2.35. The molecule has 128 valence electrons. The van der Waals surface area contributed by atoms with Crippen LogP contribution in [0.1, 0.15) is 46.0 Å². The number of fused-ring (bicyclic) bond motifs is 1. The van der Waals surface area contributed by atoms with Crippen molar-refractivity contribution in [2.24, 2.45) is 11.8 Å². The summed E-state index contributed by atoms with van der Waals surface area (Å²) in [5, 5.41) is 0. The highest BCUT2D eigenvalue weighted by molar-refractivity contribution is 4.80. The highest BCUT2D eigenvalue weighted by Crippen LogP contribution is 2.39. The Balaban J connectivity index is 0.00000200. The van der Waals surface area contributed by atoms with Crippen molar-refractivity contribution in [3.8, 4) is 0 Å². The van der Waals surface area contributed by atoms with Crippen LogP contribution < -0.4 is 48.0 Å². The Morgan fingerprint density at radius 3 is 1.86 bits per heavy atom. The van der Waals surface area contributed by atoms with Crippen molar-refractivity contribution in [1.82, 2.24) is 0 Å². The van der Waals surface area contributed by atoms with E-state index in [4.69, 9.17) is 0 Å². The molecule has 0 N–H and O–H groups in total. The lowest BCUT2D eigenvalue weighted by molar-refractivity contribution is -0.922. The van der Waals surface area contributed by atoms with Crippen LogP contribution in [-0.2, 0) is 0 Å². The maximum Gasteiger partial charge on any atom is 0.0839 e. The molecule has 0 aromatic carbocycles. The van der Waals surface area contributed by atoms with Crippen molar-refractivity contribution in [3.05, 3.63) is 0 Å². The van der Waals surface area contributed by atoms with Gasteiger partial charge in [-0.05, 0) is 26.7 Å². The summed E-state index contributed by atoms with van der Waals surface area (Å²) in [4.78, 5) is 0. The molecule has 1 aliphatic carbocycles. The quantitative estimate of drug-likeness (QED) is 0.260. The fourth-order valence-electron chi connectivity index (χ4n) is 4.53. The van der Waals surface area contributed by atoms with Crippen molar-refractivity contribution in [2.45, 2.75) is 46.0 Å². The predicted molar refractivity (Wildman–Crippen MR) is 83.0 cm³/mol. The van der Waals surface area contributed by atoms with Crippen LogP contribution in [0.25, 0.3) is 0 Å². The van der Waals surface area contributed by atoms with Gasteiger partial charge in [-0.15, -0.1) is 0 Å². The van der Waals surface area contributed by atoms with Gasteiger partial charge in [-0.3, -0.25) is 0 Å². The van der Waals surface area contributed by atoms with Gasteiger partial charge in [-0.25, -0.2) is 0 Å². The molecule has 1 saturated heterocycles. The first-order valence-electron chi connectivity index (χ1n) is 8.67. The average molecular weight is 522 g/mol. The first kappa shape index (κ1) is 22.4. The summed E-state index contributed by atoms with van der Waals surface area (Å²) in [7, 11) is 4.95. The van der Waals surface area contributed by atoms with Gasteiger partial charge in [0.05, 0.1) is 53.4 Å². The zero-order chi connectivity index (χ0) is 13.9. The maximum atomic E-state index is 2.53. The highest BCUT2D eigenvalue weighted by atomic mass is 127. The Bertz CT molecular complexity index is 279. The molecular weight excluding hydrogens is 486 g/mol. The van der Waals surface area contributed by atoms with E-state index in [2.05, 4.69) is 27.9 Å². The number of hydrogen-bond donors (Lipinski definition) is 0. The van der Waals surface area contributed by atoms with Crippen molar-refractivity contribution >= 4 is 0 Å². The van der Waals surface area contributed by atoms with E-state index in [1.807, 2.05) is 0 Å². The third-order valence-electron chi connectivity index (χ3n) is 6.34. The highest BCUT2D eigenvalue weighted by Gasteiger charge is 2.43. The molecule has 0 amide bonds. The third-order valence-corrected chi connectivity index (χ3v) is 6.34. The van der Waals surface area contributed by atoms with Gasteiger partial charge in [0, 0.05) is 18.3 Å². The van der Waals surface area contributed by atoms with Crippen molar-refractivity contribution < 1.29 is 56.9 Å². The summed E-state index contributed by atoms with van der Waals surface area (Å²) in [6, 6.07) is 0. The molecule has 21 heavy (non-hydrogen) atoms. The fourth-order valence-corrected chi connectivity index (χ4v) is 4.53. The van der Waals surface area contributed by atoms with E-state index < -0.39 is 0 Å². The largest absolute Gasteiger partial charge is 1.00 e. The molecule has 0 spiro atoms. The minimum Gasteiger partial charge on any atom is -1.00 e. The summed E-state index contributed by atoms with van der Waals surface area (Å²) in [5.74, 6) is 2.13. The average Bonchev–Trinajstić information content (AvgIpc) is 2.74. The SMILES string of the molecule is CC[N+](C)(CC)CCC[N+]1(C)CC2CCCCC2C1.[I-].[I-]. The van der Waals surface area contributed by atoms with E-state index in [1.165, 1.54) is 80.3 Å².